The van der Waals surface area contributed by atoms with E-state index < -0.39 is 6.09 Å². The molecule has 5 heteroatoms. The monoisotopic (exact) mass is 230 g/mol. The molecule has 94 valence electrons. The molecule has 1 aliphatic carbocycles. The molecule has 0 saturated heterocycles. The van der Waals surface area contributed by atoms with Crippen LogP contribution < -0.4 is 5.73 Å². The maximum atomic E-state index is 10.6. The van der Waals surface area contributed by atoms with Crippen molar-refractivity contribution in [2.75, 3.05) is 13.6 Å². The van der Waals surface area contributed by atoms with Crippen LogP contribution in [0.25, 0.3) is 0 Å². The Kier molecular flexibility index (Phi) is 5.02. The number of amides is 1. The Bertz CT molecular complexity index is 227. The van der Waals surface area contributed by atoms with E-state index in [1.807, 2.05) is 0 Å². The SMILES string of the molecule is CN(CC(N)CC1CCC(O)CC1)C(=O)O. The summed E-state index contributed by atoms with van der Waals surface area (Å²) >= 11 is 0. The highest BCUT2D eigenvalue weighted by Crippen LogP contribution is 2.27. The Hall–Kier alpha value is -0.810. The minimum absolute atomic E-state index is 0.0960. The van der Waals surface area contributed by atoms with Gasteiger partial charge in [-0.25, -0.2) is 4.79 Å². The van der Waals surface area contributed by atoms with Gasteiger partial charge in [0.15, 0.2) is 0 Å². The first kappa shape index (κ1) is 13.3. The molecule has 1 aliphatic rings. The topological polar surface area (TPSA) is 86.8 Å². The third kappa shape index (κ3) is 4.37. The molecule has 1 fully saturated rings. The predicted octanol–water partition coefficient (Wildman–Crippen LogP) is 0.865. The van der Waals surface area contributed by atoms with Crippen LogP contribution in [-0.4, -0.2) is 46.9 Å². The van der Waals surface area contributed by atoms with Crippen LogP contribution in [0.2, 0.25) is 0 Å². The Morgan fingerprint density at radius 1 is 1.44 bits per heavy atom. The van der Waals surface area contributed by atoms with E-state index in [1.54, 1.807) is 0 Å². The fourth-order valence-electron chi connectivity index (χ4n) is 2.31. The molecule has 0 heterocycles. The molecule has 0 aliphatic heterocycles. The highest BCUT2D eigenvalue weighted by Gasteiger charge is 2.22. The van der Waals surface area contributed by atoms with Crippen LogP contribution >= 0.6 is 0 Å². The first-order valence-electron chi connectivity index (χ1n) is 5.86. The van der Waals surface area contributed by atoms with Crippen LogP contribution in [0.4, 0.5) is 4.79 Å². The first-order chi connectivity index (χ1) is 7.49. The maximum Gasteiger partial charge on any atom is 0.407 e. The number of likely N-dealkylation sites (N-methyl/N-ethyl adjacent to an activating group) is 1. The van der Waals surface area contributed by atoms with Crippen LogP contribution in [0.15, 0.2) is 0 Å². The zero-order chi connectivity index (χ0) is 12.1. The van der Waals surface area contributed by atoms with E-state index in [0.29, 0.717) is 12.5 Å². The van der Waals surface area contributed by atoms with Crippen molar-refractivity contribution in [1.82, 2.24) is 4.90 Å². The van der Waals surface area contributed by atoms with E-state index in [1.165, 1.54) is 11.9 Å². The molecule has 1 amide bonds. The molecule has 1 atom stereocenters. The van der Waals surface area contributed by atoms with Crippen LogP contribution in [-0.2, 0) is 0 Å². The quantitative estimate of drug-likeness (QED) is 0.668. The van der Waals surface area contributed by atoms with Gasteiger partial charge in [0.25, 0.3) is 0 Å². The third-order valence-electron chi connectivity index (χ3n) is 3.29. The van der Waals surface area contributed by atoms with E-state index >= 15 is 0 Å². The second kappa shape index (κ2) is 6.06. The molecule has 1 unspecified atom stereocenters. The number of carbonyl (C=O) groups is 1. The lowest BCUT2D eigenvalue weighted by atomic mass is 9.83. The number of aliphatic hydroxyl groups is 1. The number of carboxylic acid groups (broad SMARTS) is 1. The molecule has 1 saturated carbocycles. The second-order valence-electron chi connectivity index (χ2n) is 4.83. The van der Waals surface area contributed by atoms with Crippen molar-refractivity contribution in [3.8, 4) is 0 Å². The number of rotatable bonds is 4. The standard InChI is InChI=1S/C11H22N2O3/c1-13(11(15)16)7-9(12)6-8-2-4-10(14)5-3-8/h8-10,14H,2-7,12H2,1H3,(H,15,16). The van der Waals surface area contributed by atoms with Gasteiger partial charge in [-0.05, 0) is 38.0 Å². The minimum atomic E-state index is -0.936. The number of hydrogen-bond donors (Lipinski definition) is 3. The van der Waals surface area contributed by atoms with Crippen molar-refractivity contribution in [1.29, 1.82) is 0 Å². The number of hydrogen-bond acceptors (Lipinski definition) is 3. The molecule has 0 spiro atoms. The first-order valence-corrected chi connectivity index (χ1v) is 5.86. The van der Waals surface area contributed by atoms with Gasteiger partial charge in [-0.3, -0.25) is 0 Å². The van der Waals surface area contributed by atoms with E-state index in [0.717, 1.165) is 32.1 Å². The van der Waals surface area contributed by atoms with Crippen LogP contribution in [0.3, 0.4) is 0 Å². The molecular weight excluding hydrogens is 208 g/mol. The molecule has 16 heavy (non-hydrogen) atoms. The fourth-order valence-corrected chi connectivity index (χ4v) is 2.31. The fraction of sp³-hybridized carbons (Fsp3) is 0.909. The van der Waals surface area contributed by atoms with Crippen molar-refractivity contribution in [3.05, 3.63) is 0 Å². The molecule has 0 aromatic heterocycles. The van der Waals surface area contributed by atoms with Crippen LogP contribution in [0.1, 0.15) is 32.1 Å². The minimum Gasteiger partial charge on any atom is -0.465 e. The maximum absolute atomic E-state index is 10.6. The summed E-state index contributed by atoms with van der Waals surface area (Å²) in [7, 11) is 1.53. The van der Waals surface area contributed by atoms with E-state index in [2.05, 4.69) is 0 Å². The van der Waals surface area contributed by atoms with Gasteiger partial charge >= 0.3 is 6.09 Å². The Morgan fingerprint density at radius 3 is 2.50 bits per heavy atom. The largest absolute Gasteiger partial charge is 0.465 e. The molecule has 0 aromatic rings. The molecule has 4 N–H and O–H groups in total. The summed E-state index contributed by atoms with van der Waals surface area (Å²) in [6, 6.07) is -0.0960. The Labute approximate surface area is 96.2 Å². The molecule has 5 nitrogen and oxygen atoms in total. The van der Waals surface area contributed by atoms with Gasteiger partial charge in [-0.2, -0.15) is 0 Å². The number of nitrogens with zero attached hydrogens (tertiary/aromatic N) is 1. The second-order valence-corrected chi connectivity index (χ2v) is 4.83. The normalized spacial score (nSPS) is 27.4. The van der Waals surface area contributed by atoms with Gasteiger partial charge in [0.1, 0.15) is 0 Å². The van der Waals surface area contributed by atoms with Gasteiger partial charge in [0, 0.05) is 19.6 Å². The summed E-state index contributed by atoms with van der Waals surface area (Å²) in [5, 5.41) is 18.1. The lowest BCUT2D eigenvalue weighted by Gasteiger charge is -2.28. The van der Waals surface area contributed by atoms with Crippen molar-refractivity contribution in [2.24, 2.45) is 11.7 Å². The lowest BCUT2D eigenvalue weighted by Crippen LogP contribution is -2.39. The van der Waals surface area contributed by atoms with Gasteiger partial charge in [-0.15, -0.1) is 0 Å². The highest BCUT2D eigenvalue weighted by atomic mass is 16.4. The van der Waals surface area contributed by atoms with Gasteiger partial charge in [0.05, 0.1) is 6.10 Å². The van der Waals surface area contributed by atoms with Crippen LogP contribution in [0, 0.1) is 5.92 Å². The number of nitrogens with two attached hydrogens (primary N) is 1. The van der Waals surface area contributed by atoms with Crippen molar-refractivity contribution >= 4 is 6.09 Å². The third-order valence-corrected chi connectivity index (χ3v) is 3.29. The summed E-state index contributed by atoms with van der Waals surface area (Å²) in [4.78, 5) is 11.8. The van der Waals surface area contributed by atoms with Gasteiger partial charge < -0.3 is 20.8 Å². The van der Waals surface area contributed by atoms with E-state index in [4.69, 9.17) is 10.8 Å². The van der Waals surface area contributed by atoms with Crippen molar-refractivity contribution in [2.45, 2.75) is 44.2 Å². The summed E-state index contributed by atoms with van der Waals surface area (Å²) in [5.41, 5.74) is 5.91. The smallest absolute Gasteiger partial charge is 0.407 e. The van der Waals surface area contributed by atoms with E-state index in [9.17, 15) is 9.90 Å². The molecule has 0 radical (unpaired) electrons. The molecule has 1 rings (SSSR count). The predicted molar refractivity (Wildman–Crippen MR) is 61.2 cm³/mol. The molecule has 0 bridgehead atoms. The Morgan fingerprint density at radius 2 is 2.00 bits per heavy atom. The van der Waals surface area contributed by atoms with E-state index in [-0.39, 0.29) is 12.1 Å². The highest BCUT2D eigenvalue weighted by molar-refractivity contribution is 5.64. The number of aliphatic hydroxyl groups excluding tert-OH is 1. The van der Waals surface area contributed by atoms with Gasteiger partial charge in [0.2, 0.25) is 0 Å². The van der Waals surface area contributed by atoms with Crippen molar-refractivity contribution in [3.63, 3.8) is 0 Å². The average Bonchev–Trinajstić information content (AvgIpc) is 2.21. The lowest BCUT2D eigenvalue weighted by molar-refractivity contribution is 0.103. The van der Waals surface area contributed by atoms with Crippen LogP contribution in [0.5, 0.6) is 0 Å². The summed E-state index contributed by atoms with van der Waals surface area (Å²) in [5.74, 6) is 0.542. The molecule has 0 aromatic carbocycles. The zero-order valence-corrected chi connectivity index (χ0v) is 9.80. The summed E-state index contributed by atoms with van der Waals surface area (Å²) < 4.78 is 0. The summed E-state index contributed by atoms with van der Waals surface area (Å²) in [6.07, 6.45) is 3.49. The molecular formula is C11H22N2O3. The Balaban J connectivity index is 2.23. The summed E-state index contributed by atoms with van der Waals surface area (Å²) in [6.45, 7) is 0.383. The average molecular weight is 230 g/mol. The van der Waals surface area contributed by atoms with Gasteiger partial charge in [-0.1, -0.05) is 0 Å². The zero-order valence-electron chi connectivity index (χ0n) is 9.80. The van der Waals surface area contributed by atoms with Crippen molar-refractivity contribution < 1.29 is 15.0 Å².